The molecule has 6 nitrogen and oxygen atoms in total. The molecule has 3 rings (SSSR count). The smallest absolute Gasteiger partial charge is 0.269 e. The Kier molecular flexibility index (Phi) is 4.15. The molecule has 0 fully saturated rings. The molecule has 0 amide bonds. The molecule has 114 valence electrons. The van der Waals surface area contributed by atoms with Crippen LogP contribution in [0.1, 0.15) is 5.69 Å². The summed E-state index contributed by atoms with van der Waals surface area (Å²) >= 11 is 0. The van der Waals surface area contributed by atoms with Gasteiger partial charge in [0.25, 0.3) is 5.69 Å². The third-order valence-electron chi connectivity index (χ3n) is 3.28. The first-order chi connectivity index (χ1) is 11.2. The lowest BCUT2D eigenvalue weighted by Crippen LogP contribution is -1.99. The van der Waals surface area contributed by atoms with Crippen molar-refractivity contribution in [1.82, 2.24) is 4.57 Å². The first kappa shape index (κ1) is 14.5. The maximum absolute atomic E-state index is 10.7. The molecule has 0 atom stereocenters. The molecule has 6 heteroatoms. The minimum atomic E-state index is -0.411. The third-order valence-corrected chi connectivity index (χ3v) is 3.28. The maximum atomic E-state index is 10.7. The Morgan fingerprint density at radius 1 is 1.00 bits per heavy atom. The molecule has 0 radical (unpaired) electrons. The van der Waals surface area contributed by atoms with Gasteiger partial charge in [-0.3, -0.25) is 15.5 Å². The lowest BCUT2D eigenvalue weighted by atomic mass is 10.3. The summed E-state index contributed by atoms with van der Waals surface area (Å²) in [6, 6.07) is 19.8. The van der Waals surface area contributed by atoms with Gasteiger partial charge in [-0.2, -0.15) is 5.10 Å². The second-order valence-corrected chi connectivity index (χ2v) is 4.81. The van der Waals surface area contributed by atoms with E-state index in [0.717, 1.165) is 17.1 Å². The summed E-state index contributed by atoms with van der Waals surface area (Å²) < 4.78 is 1.90. The normalized spacial score (nSPS) is 10.8. The lowest BCUT2D eigenvalue weighted by Gasteiger charge is -2.06. The largest absolute Gasteiger partial charge is 0.316 e. The second-order valence-electron chi connectivity index (χ2n) is 4.81. The van der Waals surface area contributed by atoms with Crippen LogP contribution in [-0.2, 0) is 0 Å². The van der Waals surface area contributed by atoms with Crippen molar-refractivity contribution in [2.75, 3.05) is 5.43 Å². The zero-order chi connectivity index (χ0) is 16.1. The molecule has 1 N–H and O–H groups in total. The van der Waals surface area contributed by atoms with Crippen LogP contribution < -0.4 is 5.43 Å². The fourth-order valence-corrected chi connectivity index (χ4v) is 2.16. The summed E-state index contributed by atoms with van der Waals surface area (Å²) in [5.41, 5.74) is 5.62. The molecule has 0 aliphatic carbocycles. The number of hydrogen-bond acceptors (Lipinski definition) is 4. The van der Waals surface area contributed by atoms with Crippen molar-refractivity contribution in [2.45, 2.75) is 0 Å². The average molecular weight is 306 g/mol. The van der Waals surface area contributed by atoms with Crippen LogP contribution >= 0.6 is 0 Å². The van der Waals surface area contributed by atoms with Gasteiger partial charge in [-0.05, 0) is 36.4 Å². The molecular weight excluding hydrogens is 292 g/mol. The highest BCUT2D eigenvalue weighted by molar-refractivity contribution is 5.79. The van der Waals surface area contributed by atoms with Crippen LogP contribution in [0.25, 0.3) is 5.69 Å². The van der Waals surface area contributed by atoms with Gasteiger partial charge < -0.3 is 4.57 Å². The first-order valence-corrected chi connectivity index (χ1v) is 7.00. The van der Waals surface area contributed by atoms with E-state index in [9.17, 15) is 10.1 Å². The Hall–Kier alpha value is -3.41. The minimum Gasteiger partial charge on any atom is -0.316 e. The van der Waals surface area contributed by atoms with E-state index < -0.39 is 4.92 Å². The summed E-state index contributed by atoms with van der Waals surface area (Å²) in [6.07, 6.45) is 3.58. The number of nitro groups is 1. The van der Waals surface area contributed by atoms with Crippen molar-refractivity contribution in [3.8, 4) is 5.69 Å². The van der Waals surface area contributed by atoms with E-state index in [1.165, 1.54) is 12.1 Å². The SMILES string of the molecule is O=[N+]([O-])c1ccc(-n2cccc2/C=N/Nc2ccccc2)cc1. The van der Waals surface area contributed by atoms with E-state index in [0.29, 0.717) is 0 Å². The quantitative estimate of drug-likeness (QED) is 0.442. The molecule has 1 heterocycles. The van der Waals surface area contributed by atoms with E-state index in [2.05, 4.69) is 10.5 Å². The van der Waals surface area contributed by atoms with Gasteiger partial charge in [-0.25, -0.2) is 0 Å². The van der Waals surface area contributed by atoms with E-state index in [1.54, 1.807) is 18.3 Å². The Bertz CT molecular complexity index is 823. The summed E-state index contributed by atoms with van der Waals surface area (Å²) in [6.45, 7) is 0. The Morgan fingerprint density at radius 2 is 1.74 bits per heavy atom. The van der Waals surface area contributed by atoms with Gasteiger partial charge in [-0.15, -0.1) is 0 Å². The number of nitrogens with zero attached hydrogens (tertiary/aromatic N) is 3. The molecule has 0 aliphatic heterocycles. The standard InChI is InChI=1S/C17H14N4O2/c22-21(23)16-10-8-15(9-11-16)20-12-4-7-17(20)13-18-19-14-5-2-1-3-6-14/h1-13,19H/b18-13+. The first-order valence-electron chi connectivity index (χ1n) is 7.00. The van der Waals surface area contributed by atoms with Crippen molar-refractivity contribution >= 4 is 17.6 Å². The molecule has 23 heavy (non-hydrogen) atoms. The zero-order valence-electron chi connectivity index (χ0n) is 12.2. The minimum absolute atomic E-state index is 0.0712. The van der Waals surface area contributed by atoms with E-state index in [-0.39, 0.29) is 5.69 Å². The van der Waals surface area contributed by atoms with Gasteiger partial charge in [0.05, 0.1) is 22.5 Å². The van der Waals surface area contributed by atoms with Crippen molar-refractivity contribution < 1.29 is 4.92 Å². The highest BCUT2D eigenvalue weighted by atomic mass is 16.6. The van der Waals surface area contributed by atoms with Crippen LogP contribution in [0.4, 0.5) is 11.4 Å². The van der Waals surface area contributed by atoms with E-state index >= 15 is 0 Å². The monoisotopic (exact) mass is 306 g/mol. The van der Waals surface area contributed by atoms with Crippen LogP contribution in [-0.4, -0.2) is 15.7 Å². The van der Waals surface area contributed by atoms with Crippen LogP contribution in [0.5, 0.6) is 0 Å². The number of benzene rings is 2. The molecule has 1 aromatic heterocycles. The average Bonchev–Trinajstić information content (AvgIpc) is 3.04. The molecule has 0 saturated heterocycles. The number of aromatic nitrogens is 1. The number of rotatable bonds is 5. The number of hydrogen-bond donors (Lipinski definition) is 1. The van der Waals surface area contributed by atoms with Crippen LogP contribution in [0.3, 0.4) is 0 Å². The molecule has 2 aromatic carbocycles. The van der Waals surface area contributed by atoms with Crippen molar-refractivity contribution in [1.29, 1.82) is 0 Å². The van der Waals surface area contributed by atoms with Crippen molar-refractivity contribution in [3.05, 3.63) is 88.7 Å². The molecular formula is C17H14N4O2. The van der Waals surface area contributed by atoms with E-state index in [4.69, 9.17) is 0 Å². The summed E-state index contributed by atoms with van der Waals surface area (Å²) in [5.74, 6) is 0. The molecule has 0 unspecified atom stereocenters. The zero-order valence-corrected chi connectivity index (χ0v) is 12.2. The van der Waals surface area contributed by atoms with Gasteiger partial charge >= 0.3 is 0 Å². The van der Waals surface area contributed by atoms with Gasteiger partial charge in [0.1, 0.15) is 0 Å². The van der Waals surface area contributed by atoms with Gasteiger partial charge in [0.2, 0.25) is 0 Å². The Morgan fingerprint density at radius 3 is 2.43 bits per heavy atom. The van der Waals surface area contributed by atoms with E-state index in [1.807, 2.05) is 53.2 Å². The highest BCUT2D eigenvalue weighted by Crippen LogP contribution is 2.17. The number of non-ortho nitro benzene ring substituents is 1. The van der Waals surface area contributed by atoms with Crippen molar-refractivity contribution in [2.24, 2.45) is 5.10 Å². The summed E-state index contributed by atoms with van der Waals surface area (Å²) in [7, 11) is 0. The lowest BCUT2D eigenvalue weighted by molar-refractivity contribution is -0.384. The number of hydrazone groups is 1. The van der Waals surface area contributed by atoms with Crippen molar-refractivity contribution in [3.63, 3.8) is 0 Å². The molecule has 0 spiro atoms. The Balaban J connectivity index is 1.78. The molecule has 0 saturated carbocycles. The third kappa shape index (κ3) is 3.44. The second kappa shape index (κ2) is 6.57. The maximum Gasteiger partial charge on any atom is 0.269 e. The number of nitrogens with one attached hydrogen (secondary N) is 1. The number of para-hydroxylation sites is 1. The summed E-state index contributed by atoms with van der Waals surface area (Å²) in [4.78, 5) is 10.3. The van der Waals surface area contributed by atoms with Crippen LogP contribution in [0, 0.1) is 10.1 Å². The predicted molar refractivity (Wildman–Crippen MR) is 90.1 cm³/mol. The number of nitro benzene ring substituents is 1. The van der Waals surface area contributed by atoms with Gasteiger partial charge in [0, 0.05) is 24.0 Å². The van der Waals surface area contributed by atoms with Crippen LogP contribution in [0.15, 0.2) is 78.0 Å². The van der Waals surface area contributed by atoms with Crippen LogP contribution in [0.2, 0.25) is 0 Å². The Labute approximate surface area is 132 Å². The van der Waals surface area contributed by atoms with Gasteiger partial charge in [-0.1, -0.05) is 18.2 Å². The summed E-state index contributed by atoms with van der Waals surface area (Å²) in [5, 5.41) is 14.9. The number of anilines is 1. The molecule has 0 bridgehead atoms. The topological polar surface area (TPSA) is 72.5 Å². The fraction of sp³-hybridized carbons (Fsp3) is 0. The molecule has 3 aromatic rings. The predicted octanol–water partition coefficient (Wildman–Crippen LogP) is 3.83. The molecule has 0 aliphatic rings. The fourth-order valence-electron chi connectivity index (χ4n) is 2.16. The highest BCUT2D eigenvalue weighted by Gasteiger charge is 2.06. The van der Waals surface area contributed by atoms with Gasteiger partial charge in [0.15, 0.2) is 0 Å².